The van der Waals surface area contributed by atoms with Crippen LogP contribution in [0.15, 0.2) is 30.5 Å². The van der Waals surface area contributed by atoms with Crippen molar-refractivity contribution in [3.63, 3.8) is 0 Å². The molecule has 4 atom stereocenters. The van der Waals surface area contributed by atoms with Crippen molar-refractivity contribution < 1.29 is 53.1 Å². The number of amides is 4. The number of hydrogen-bond donors (Lipinski definition) is 8. The first-order chi connectivity index (χ1) is 19.8. The second-order valence-corrected chi connectivity index (χ2v) is 11.7. The Hall–Kier alpha value is -3.47. The molecular formula is C24H32N5O11PS. The van der Waals surface area contributed by atoms with Crippen molar-refractivity contribution in [3.8, 4) is 0 Å². The molecule has 0 bridgehead atoms. The molecule has 0 aliphatic carbocycles. The molecule has 0 saturated carbocycles. The molecule has 1 aliphatic rings. The average molecular weight is 630 g/mol. The Morgan fingerprint density at radius 2 is 1.86 bits per heavy atom. The number of carboxylic acids is 1. The zero-order chi connectivity index (χ0) is 31.0. The summed E-state index contributed by atoms with van der Waals surface area (Å²) in [5.41, 5.74) is 1.78. The number of nitrogens with one attached hydrogen (secondary N) is 4. The summed E-state index contributed by atoms with van der Waals surface area (Å²) in [6.45, 7) is -0.273. The maximum atomic E-state index is 13.1. The lowest BCUT2D eigenvalue weighted by molar-refractivity contribution is -0.142. The quantitative estimate of drug-likeness (QED) is 0.153. The number of aromatic nitrogens is 1. The normalized spacial score (nSPS) is 22.5. The highest BCUT2D eigenvalue weighted by Crippen LogP contribution is 2.38. The van der Waals surface area contributed by atoms with Gasteiger partial charge < -0.3 is 45.8 Å². The van der Waals surface area contributed by atoms with Gasteiger partial charge in [-0.25, -0.2) is 9.36 Å². The van der Waals surface area contributed by atoms with Gasteiger partial charge in [-0.1, -0.05) is 18.2 Å². The largest absolute Gasteiger partial charge is 0.480 e. The number of rotatable bonds is 8. The zero-order valence-electron chi connectivity index (χ0n) is 22.4. The van der Waals surface area contributed by atoms with Crippen LogP contribution in [0.25, 0.3) is 10.9 Å². The van der Waals surface area contributed by atoms with Crippen molar-refractivity contribution in [2.45, 2.75) is 37.6 Å². The molecule has 1 aromatic carbocycles. The number of phosphoric ester groups is 1. The van der Waals surface area contributed by atoms with Gasteiger partial charge in [0.2, 0.25) is 23.6 Å². The topological polar surface area (TPSA) is 248 Å². The van der Waals surface area contributed by atoms with E-state index in [0.717, 1.165) is 35.2 Å². The number of H-pyrrole nitrogens is 1. The molecule has 1 saturated heterocycles. The third-order valence-corrected chi connectivity index (χ3v) is 7.95. The number of benzene rings is 1. The Morgan fingerprint density at radius 1 is 1.14 bits per heavy atom. The number of phosphoric acid groups is 1. The van der Waals surface area contributed by atoms with Gasteiger partial charge in [-0.3, -0.25) is 23.7 Å². The first kappa shape index (κ1) is 33.0. The fourth-order valence-corrected chi connectivity index (χ4v) is 5.70. The maximum Gasteiger partial charge on any atom is 0.469 e. The number of carbonyl (C=O) groups excluding carboxylic acids is 4. The van der Waals surface area contributed by atoms with Gasteiger partial charge in [-0.05, 0) is 25.0 Å². The van der Waals surface area contributed by atoms with E-state index >= 15 is 0 Å². The summed E-state index contributed by atoms with van der Waals surface area (Å²) in [4.78, 5) is 86.4. The lowest BCUT2D eigenvalue weighted by atomic mass is 10.1. The highest BCUT2D eigenvalue weighted by Gasteiger charge is 2.36. The number of aliphatic hydroxyl groups is 1. The van der Waals surface area contributed by atoms with Crippen LogP contribution in [0.3, 0.4) is 0 Å². The first-order valence-electron chi connectivity index (χ1n) is 12.7. The Bertz CT molecular complexity index is 1370. The summed E-state index contributed by atoms with van der Waals surface area (Å²) >= 11 is 0.880. The molecule has 1 fully saturated rings. The molecule has 0 unspecified atom stereocenters. The molecule has 4 amide bonds. The summed E-state index contributed by atoms with van der Waals surface area (Å²) in [5, 5.41) is 26.9. The monoisotopic (exact) mass is 629 g/mol. The molecule has 1 aliphatic heterocycles. The van der Waals surface area contributed by atoms with Gasteiger partial charge in [0.25, 0.3) is 0 Å². The fraction of sp³-hybridized carbons (Fsp3) is 0.458. The van der Waals surface area contributed by atoms with E-state index in [0.29, 0.717) is 6.42 Å². The van der Waals surface area contributed by atoms with Gasteiger partial charge in [0.1, 0.15) is 18.1 Å². The van der Waals surface area contributed by atoms with Crippen LogP contribution < -0.4 is 16.0 Å². The number of nitrogens with zero attached hydrogens (tertiary/aromatic N) is 1. The molecule has 16 nitrogen and oxygen atoms in total. The number of carboxylic acid groups (broad SMARTS) is 1. The minimum Gasteiger partial charge on any atom is -0.480 e. The SMILES string of the molecule is C[C@@H](OP(=O)(O)O)[C@@H]1NC(=O)[C@H](CO)NC(=O)CN(CCc2c[nH]c3ccccc23)C(=O)CSC[C@@H](C(=O)O)NC1=O. The average Bonchev–Trinajstić information content (AvgIpc) is 3.33. The van der Waals surface area contributed by atoms with Crippen molar-refractivity contribution in [2.24, 2.45) is 0 Å². The van der Waals surface area contributed by atoms with Crippen LogP contribution in [-0.4, -0.2) is 115 Å². The summed E-state index contributed by atoms with van der Waals surface area (Å²) in [7, 11) is -5.15. The Balaban J connectivity index is 1.85. The van der Waals surface area contributed by atoms with E-state index in [2.05, 4.69) is 25.5 Å². The molecule has 0 spiro atoms. The Labute approximate surface area is 243 Å². The van der Waals surface area contributed by atoms with Crippen molar-refractivity contribution >= 4 is 60.1 Å². The number of para-hydroxylation sites is 1. The Kier molecular flexibility index (Phi) is 11.5. The number of thioether (sulfide) groups is 1. The number of aliphatic hydroxyl groups excluding tert-OH is 1. The van der Waals surface area contributed by atoms with Crippen molar-refractivity contribution in [2.75, 3.05) is 31.2 Å². The lowest BCUT2D eigenvalue weighted by Crippen LogP contribution is -2.60. The van der Waals surface area contributed by atoms with Crippen LogP contribution in [-0.2, 0) is 39.5 Å². The van der Waals surface area contributed by atoms with Crippen LogP contribution in [0, 0.1) is 0 Å². The van der Waals surface area contributed by atoms with E-state index in [1.54, 1.807) is 6.20 Å². The van der Waals surface area contributed by atoms with Crippen LogP contribution in [0.2, 0.25) is 0 Å². The Morgan fingerprint density at radius 3 is 2.52 bits per heavy atom. The predicted octanol–water partition coefficient (Wildman–Crippen LogP) is -1.69. The number of aliphatic carboxylic acids is 1. The molecule has 230 valence electrons. The molecular weight excluding hydrogens is 597 g/mol. The fourth-order valence-electron chi connectivity index (χ4n) is 4.21. The van der Waals surface area contributed by atoms with Crippen LogP contribution in [0.5, 0.6) is 0 Å². The first-order valence-corrected chi connectivity index (χ1v) is 15.4. The van der Waals surface area contributed by atoms with Crippen molar-refractivity contribution in [1.29, 1.82) is 0 Å². The number of hydrogen-bond acceptors (Lipinski definition) is 9. The molecule has 2 aromatic rings. The lowest BCUT2D eigenvalue weighted by Gasteiger charge is -2.27. The van der Waals surface area contributed by atoms with Gasteiger partial charge in [-0.15, -0.1) is 11.8 Å². The van der Waals surface area contributed by atoms with E-state index in [9.17, 15) is 38.8 Å². The molecule has 3 rings (SSSR count). The van der Waals surface area contributed by atoms with Crippen LogP contribution in [0.4, 0.5) is 0 Å². The molecule has 42 heavy (non-hydrogen) atoms. The molecule has 1 aromatic heterocycles. The third-order valence-electron chi connectivity index (χ3n) is 6.33. The zero-order valence-corrected chi connectivity index (χ0v) is 24.1. The number of aromatic amines is 1. The van der Waals surface area contributed by atoms with E-state index in [-0.39, 0.29) is 18.1 Å². The number of carbonyl (C=O) groups is 5. The molecule has 18 heteroatoms. The molecule has 2 heterocycles. The van der Waals surface area contributed by atoms with Crippen LogP contribution >= 0.6 is 19.6 Å². The van der Waals surface area contributed by atoms with E-state index in [4.69, 9.17) is 9.79 Å². The molecule has 0 radical (unpaired) electrons. The summed E-state index contributed by atoms with van der Waals surface area (Å²) in [6, 6.07) is 2.50. The van der Waals surface area contributed by atoms with Gasteiger partial charge in [-0.2, -0.15) is 0 Å². The van der Waals surface area contributed by atoms with Gasteiger partial charge in [0.15, 0.2) is 0 Å². The summed E-state index contributed by atoms with van der Waals surface area (Å²) < 4.78 is 15.9. The van der Waals surface area contributed by atoms with Gasteiger partial charge >= 0.3 is 13.8 Å². The summed E-state index contributed by atoms with van der Waals surface area (Å²) in [6.07, 6.45) is 0.492. The predicted molar refractivity (Wildman–Crippen MR) is 149 cm³/mol. The smallest absolute Gasteiger partial charge is 0.469 e. The highest BCUT2D eigenvalue weighted by atomic mass is 32.2. The van der Waals surface area contributed by atoms with Gasteiger partial charge in [0, 0.05) is 29.4 Å². The van der Waals surface area contributed by atoms with Crippen molar-refractivity contribution in [3.05, 3.63) is 36.0 Å². The maximum absolute atomic E-state index is 13.1. The van der Waals surface area contributed by atoms with Gasteiger partial charge in [0.05, 0.1) is 25.0 Å². The standard InChI is InChI=1S/C24H32N5O11PS/c1-13(40-41(37,38)39)21-23(34)27-18(24(35)36)11-42-12-20(32)29(9-19(31)26-17(10-30)22(33)28-21)7-6-14-8-25-16-5-3-2-4-15(14)16/h2-5,8,13,17-18,21,25,30H,6-7,9-12H2,1H3,(H,26,31)(H,27,34)(H,28,33)(H,35,36)(H2,37,38,39)/t13-,17+,18+,21+/m1/s1. The van der Waals surface area contributed by atoms with E-state index < -0.39 is 74.8 Å². The van der Waals surface area contributed by atoms with E-state index in [1.807, 2.05) is 24.3 Å². The minimum absolute atomic E-state index is 0.100. The van der Waals surface area contributed by atoms with Crippen LogP contribution in [0.1, 0.15) is 12.5 Å². The van der Waals surface area contributed by atoms with E-state index in [1.165, 1.54) is 4.90 Å². The van der Waals surface area contributed by atoms with Crippen molar-refractivity contribution in [1.82, 2.24) is 25.8 Å². The minimum atomic E-state index is -5.15. The second-order valence-electron chi connectivity index (χ2n) is 9.43. The molecule has 8 N–H and O–H groups in total. The highest BCUT2D eigenvalue weighted by molar-refractivity contribution is 8.00. The third kappa shape index (κ3) is 9.27. The summed E-state index contributed by atoms with van der Waals surface area (Å²) in [5.74, 6) is -5.61. The number of fused-ring (bicyclic) bond motifs is 1. The second kappa shape index (κ2) is 14.6.